The van der Waals surface area contributed by atoms with Crippen LogP contribution in [0, 0.1) is 6.92 Å². The summed E-state index contributed by atoms with van der Waals surface area (Å²) in [6, 6.07) is 8.71. The summed E-state index contributed by atoms with van der Waals surface area (Å²) < 4.78 is 0. The molecule has 0 amide bonds. The van der Waals surface area contributed by atoms with Crippen molar-refractivity contribution >= 4 is 23.1 Å². The third-order valence-corrected chi connectivity index (χ3v) is 5.88. The summed E-state index contributed by atoms with van der Waals surface area (Å²) in [6.45, 7) is 6.31. The highest BCUT2D eigenvalue weighted by Crippen LogP contribution is 2.43. The van der Waals surface area contributed by atoms with E-state index in [1.807, 2.05) is 23.1 Å². The molecule has 3 rings (SSSR count). The van der Waals surface area contributed by atoms with Gasteiger partial charge in [0.25, 0.3) is 0 Å². The molecular formula is C17H22N2S2. The first-order valence-corrected chi connectivity index (χ1v) is 9.45. The molecule has 0 aliphatic heterocycles. The number of aryl methyl sites for hydroxylation is 1. The van der Waals surface area contributed by atoms with Gasteiger partial charge in [-0.05, 0) is 38.4 Å². The molecule has 1 aromatic carbocycles. The Bertz CT molecular complexity index is 603. The maximum absolute atomic E-state index is 4.92. The van der Waals surface area contributed by atoms with Crippen LogP contribution in [0.2, 0.25) is 0 Å². The van der Waals surface area contributed by atoms with E-state index in [0.29, 0.717) is 0 Å². The summed E-state index contributed by atoms with van der Waals surface area (Å²) in [7, 11) is 0. The first kappa shape index (κ1) is 15.1. The smallest absolute Gasteiger partial charge is 0.103 e. The Balaban J connectivity index is 1.67. The molecule has 1 heterocycles. The van der Waals surface area contributed by atoms with Gasteiger partial charge in [0, 0.05) is 22.2 Å². The van der Waals surface area contributed by atoms with Crippen LogP contribution in [0.5, 0.6) is 0 Å². The van der Waals surface area contributed by atoms with Crippen molar-refractivity contribution in [3.63, 3.8) is 0 Å². The quantitative estimate of drug-likeness (QED) is 0.747. The summed E-state index contributed by atoms with van der Waals surface area (Å²) in [4.78, 5) is 7.72. The minimum atomic E-state index is 0.743. The van der Waals surface area contributed by atoms with E-state index >= 15 is 0 Å². The number of hydrogen-bond donors (Lipinski definition) is 1. The second-order valence-corrected chi connectivity index (χ2v) is 7.79. The van der Waals surface area contributed by atoms with Gasteiger partial charge in [-0.1, -0.05) is 24.6 Å². The van der Waals surface area contributed by atoms with Gasteiger partial charge in [-0.15, -0.1) is 23.1 Å². The van der Waals surface area contributed by atoms with Gasteiger partial charge in [0.15, 0.2) is 0 Å². The van der Waals surface area contributed by atoms with Crippen LogP contribution in [0.15, 0.2) is 29.2 Å². The topological polar surface area (TPSA) is 24.9 Å². The van der Waals surface area contributed by atoms with Crippen LogP contribution >= 0.6 is 23.1 Å². The Hall–Kier alpha value is -0.840. The van der Waals surface area contributed by atoms with Gasteiger partial charge in [-0.25, -0.2) is 4.98 Å². The third-order valence-electron chi connectivity index (χ3n) is 3.62. The third kappa shape index (κ3) is 4.09. The number of thiazole rings is 1. The monoisotopic (exact) mass is 318 g/mol. The highest BCUT2D eigenvalue weighted by atomic mass is 32.2. The molecule has 1 fully saturated rings. The molecule has 4 heteroatoms. The van der Waals surface area contributed by atoms with Crippen molar-refractivity contribution in [1.82, 2.24) is 10.3 Å². The zero-order chi connectivity index (χ0) is 14.7. The number of benzene rings is 1. The molecule has 2 nitrogen and oxygen atoms in total. The lowest BCUT2D eigenvalue weighted by Gasteiger charge is -2.00. The number of thioether (sulfide) groups is 1. The minimum Gasteiger partial charge on any atom is -0.312 e. The van der Waals surface area contributed by atoms with Crippen molar-refractivity contribution in [2.75, 3.05) is 6.54 Å². The molecule has 2 aromatic rings. The summed E-state index contributed by atoms with van der Waals surface area (Å²) in [6.07, 6.45) is 2.65. The molecular weight excluding hydrogens is 296 g/mol. The van der Waals surface area contributed by atoms with Crippen molar-refractivity contribution in [1.29, 1.82) is 0 Å². The second-order valence-electron chi connectivity index (χ2n) is 5.58. The maximum Gasteiger partial charge on any atom is 0.103 e. The number of nitrogens with one attached hydrogen (secondary N) is 1. The van der Waals surface area contributed by atoms with Crippen molar-refractivity contribution in [2.24, 2.45) is 0 Å². The first-order valence-electron chi connectivity index (χ1n) is 7.65. The summed E-state index contributed by atoms with van der Waals surface area (Å²) in [5, 5.41) is 4.72. The highest BCUT2D eigenvalue weighted by Gasteiger charge is 2.29. The largest absolute Gasteiger partial charge is 0.312 e. The van der Waals surface area contributed by atoms with Gasteiger partial charge in [0.05, 0.1) is 11.4 Å². The van der Waals surface area contributed by atoms with Crippen LogP contribution in [0.1, 0.15) is 46.8 Å². The fourth-order valence-corrected chi connectivity index (χ4v) is 4.50. The lowest BCUT2D eigenvalue weighted by atomic mass is 10.2. The fraction of sp³-hybridized carbons (Fsp3) is 0.471. The van der Waals surface area contributed by atoms with Crippen LogP contribution in [0.4, 0.5) is 0 Å². The predicted octanol–water partition coefficient (Wildman–Crippen LogP) is 4.73. The number of hydrogen-bond acceptors (Lipinski definition) is 4. The Kier molecular flexibility index (Phi) is 4.99. The van der Waals surface area contributed by atoms with E-state index in [0.717, 1.165) is 24.8 Å². The van der Waals surface area contributed by atoms with E-state index in [9.17, 15) is 0 Å². The van der Waals surface area contributed by atoms with Crippen LogP contribution in [0.25, 0.3) is 0 Å². The molecule has 112 valence electrons. The van der Waals surface area contributed by atoms with Crippen molar-refractivity contribution in [3.05, 3.63) is 45.4 Å². The number of aromatic nitrogens is 1. The van der Waals surface area contributed by atoms with E-state index in [1.54, 1.807) is 0 Å². The molecule has 0 radical (unpaired) electrons. The zero-order valence-corrected chi connectivity index (χ0v) is 14.3. The molecule has 1 aromatic heterocycles. The average Bonchev–Trinajstić information content (AvgIpc) is 3.24. The van der Waals surface area contributed by atoms with Crippen molar-refractivity contribution < 1.29 is 0 Å². The number of rotatable bonds is 7. The second kappa shape index (κ2) is 6.95. The Labute approximate surface area is 135 Å². The van der Waals surface area contributed by atoms with Crippen molar-refractivity contribution in [3.8, 4) is 0 Å². The van der Waals surface area contributed by atoms with Gasteiger partial charge >= 0.3 is 0 Å². The molecule has 0 spiro atoms. The lowest BCUT2D eigenvalue weighted by Crippen LogP contribution is -2.11. The fourth-order valence-electron chi connectivity index (χ4n) is 2.37. The van der Waals surface area contributed by atoms with E-state index in [2.05, 4.69) is 43.4 Å². The Morgan fingerprint density at radius 1 is 1.38 bits per heavy atom. The summed E-state index contributed by atoms with van der Waals surface area (Å²) >= 11 is 3.79. The van der Waals surface area contributed by atoms with Crippen molar-refractivity contribution in [2.45, 2.75) is 49.8 Å². The van der Waals surface area contributed by atoms with Gasteiger partial charge in [-0.3, -0.25) is 0 Å². The van der Waals surface area contributed by atoms with Crippen LogP contribution < -0.4 is 5.32 Å². The van der Waals surface area contributed by atoms with Crippen LogP contribution in [-0.4, -0.2) is 11.5 Å². The lowest BCUT2D eigenvalue weighted by molar-refractivity contribution is 0.726. The molecule has 0 unspecified atom stereocenters. The van der Waals surface area contributed by atoms with E-state index in [4.69, 9.17) is 4.98 Å². The Morgan fingerprint density at radius 2 is 2.24 bits per heavy atom. The average molecular weight is 319 g/mol. The van der Waals surface area contributed by atoms with Gasteiger partial charge < -0.3 is 5.32 Å². The molecule has 0 bridgehead atoms. The zero-order valence-electron chi connectivity index (χ0n) is 12.7. The van der Waals surface area contributed by atoms with E-state index in [1.165, 1.54) is 38.9 Å². The molecule has 1 aliphatic carbocycles. The standard InChI is InChI=1S/C17H22N2S2/c1-3-18-10-15-17(13-7-8-13)19-16(21-15)11-20-14-6-4-5-12(2)9-14/h4-6,9,13,18H,3,7-8,10-11H2,1-2H3. The minimum absolute atomic E-state index is 0.743. The highest BCUT2D eigenvalue weighted by molar-refractivity contribution is 7.98. The number of nitrogens with zero attached hydrogens (tertiary/aromatic N) is 1. The maximum atomic E-state index is 4.92. The van der Waals surface area contributed by atoms with Crippen LogP contribution in [0.3, 0.4) is 0 Å². The summed E-state index contributed by atoms with van der Waals surface area (Å²) in [5.41, 5.74) is 2.70. The van der Waals surface area contributed by atoms with Gasteiger partial charge in [-0.2, -0.15) is 0 Å². The SMILES string of the molecule is CCNCc1sc(CSc2cccc(C)c2)nc1C1CC1. The first-order chi connectivity index (χ1) is 10.3. The molecule has 0 saturated heterocycles. The van der Waals surface area contributed by atoms with Gasteiger partial charge in [0.2, 0.25) is 0 Å². The van der Waals surface area contributed by atoms with Crippen LogP contribution in [-0.2, 0) is 12.3 Å². The predicted molar refractivity (Wildman–Crippen MR) is 92.2 cm³/mol. The molecule has 1 saturated carbocycles. The van der Waals surface area contributed by atoms with E-state index < -0.39 is 0 Å². The molecule has 21 heavy (non-hydrogen) atoms. The normalized spacial score (nSPS) is 14.6. The Morgan fingerprint density at radius 3 is 2.95 bits per heavy atom. The summed E-state index contributed by atoms with van der Waals surface area (Å²) in [5.74, 6) is 1.73. The van der Waals surface area contributed by atoms with E-state index in [-0.39, 0.29) is 0 Å². The van der Waals surface area contributed by atoms with Gasteiger partial charge in [0.1, 0.15) is 5.01 Å². The molecule has 1 N–H and O–H groups in total. The molecule has 1 aliphatic rings. The molecule has 0 atom stereocenters.